The Hall–Kier alpha value is -1.86. The van der Waals surface area contributed by atoms with E-state index in [2.05, 4.69) is 39.1 Å². The summed E-state index contributed by atoms with van der Waals surface area (Å²) >= 11 is 1.74. The fourth-order valence-corrected chi connectivity index (χ4v) is 3.81. The highest BCUT2D eigenvalue weighted by molar-refractivity contribution is 7.07. The molecule has 2 aromatic heterocycles. The molecule has 130 valence electrons. The van der Waals surface area contributed by atoms with Gasteiger partial charge in [-0.1, -0.05) is 0 Å². The zero-order chi connectivity index (χ0) is 17.1. The van der Waals surface area contributed by atoms with Crippen LogP contribution in [0.1, 0.15) is 37.1 Å². The Morgan fingerprint density at radius 2 is 2.00 bits per heavy atom. The molecule has 2 atom stereocenters. The van der Waals surface area contributed by atoms with Crippen LogP contribution in [0, 0.1) is 0 Å². The molecule has 1 aliphatic heterocycles. The zero-order valence-corrected chi connectivity index (χ0v) is 15.3. The molecule has 2 unspecified atom stereocenters. The van der Waals surface area contributed by atoms with Crippen molar-refractivity contribution in [3.63, 3.8) is 0 Å². The van der Waals surface area contributed by atoms with Gasteiger partial charge in [-0.15, -0.1) is 0 Å². The SMILES string of the molecule is CC(NC(=O)N1CCN(C(C)c2ccsc2)CC1)c1cnn(C)c1. The zero-order valence-electron chi connectivity index (χ0n) is 14.5. The van der Waals surface area contributed by atoms with Crippen molar-refractivity contribution in [1.29, 1.82) is 0 Å². The van der Waals surface area contributed by atoms with Gasteiger partial charge in [0.1, 0.15) is 0 Å². The lowest BCUT2D eigenvalue weighted by Gasteiger charge is -2.38. The first-order valence-electron chi connectivity index (χ1n) is 8.34. The summed E-state index contributed by atoms with van der Waals surface area (Å²) in [7, 11) is 1.88. The fourth-order valence-electron chi connectivity index (χ4n) is 3.06. The van der Waals surface area contributed by atoms with E-state index < -0.39 is 0 Å². The molecule has 0 radical (unpaired) electrons. The van der Waals surface area contributed by atoms with E-state index in [1.807, 2.05) is 25.1 Å². The molecule has 0 saturated carbocycles. The second-order valence-electron chi connectivity index (χ2n) is 6.37. The number of aromatic nitrogens is 2. The molecule has 24 heavy (non-hydrogen) atoms. The number of hydrogen-bond donors (Lipinski definition) is 1. The number of amides is 2. The second kappa shape index (κ2) is 7.36. The van der Waals surface area contributed by atoms with Crippen LogP contribution in [-0.2, 0) is 7.05 Å². The average molecular weight is 347 g/mol. The largest absolute Gasteiger partial charge is 0.331 e. The molecule has 1 N–H and O–H groups in total. The van der Waals surface area contributed by atoms with Crippen LogP contribution in [0.2, 0.25) is 0 Å². The third-order valence-electron chi connectivity index (χ3n) is 4.74. The van der Waals surface area contributed by atoms with Gasteiger partial charge in [-0.25, -0.2) is 4.79 Å². The van der Waals surface area contributed by atoms with Crippen LogP contribution in [0.5, 0.6) is 0 Å². The highest BCUT2D eigenvalue weighted by Crippen LogP contribution is 2.23. The molecule has 0 bridgehead atoms. The molecule has 7 heteroatoms. The molecule has 0 aromatic carbocycles. The Balaban J connectivity index is 1.50. The standard InChI is InChI=1S/C17H25N5OS/c1-13(16-10-18-20(3)11-16)19-17(23)22-7-5-21(6-8-22)14(2)15-4-9-24-12-15/h4,9-14H,5-8H2,1-3H3,(H,19,23). The van der Waals surface area contributed by atoms with Crippen molar-refractivity contribution in [2.75, 3.05) is 26.2 Å². The van der Waals surface area contributed by atoms with Crippen molar-refractivity contribution < 1.29 is 4.79 Å². The van der Waals surface area contributed by atoms with E-state index in [0.29, 0.717) is 6.04 Å². The number of piperazine rings is 1. The molecular formula is C17H25N5OS. The molecular weight excluding hydrogens is 322 g/mol. The summed E-state index contributed by atoms with van der Waals surface area (Å²) in [6.45, 7) is 7.57. The monoisotopic (exact) mass is 347 g/mol. The summed E-state index contributed by atoms with van der Waals surface area (Å²) in [5, 5.41) is 11.6. The average Bonchev–Trinajstić information content (AvgIpc) is 3.26. The Labute approximate surface area is 147 Å². The van der Waals surface area contributed by atoms with Crippen LogP contribution in [0.25, 0.3) is 0 Å². The van der Waals surface area contributed by atoms with Gasteiger partial charge in [-0.3, -0.25) is 9.58 Å². The van der Waals surface area contributed by atoms with Gasteiger partial charge in [0.15, 0.2) is 0 Å². The number of thiophene rings is 1. The van der Waals surface area contributed by atoms with Crippen LogP contribution in [0.15, 0.2) is 29.2 Å². The minimum atomic E-state index is -0.0334. The normalized spacial score (nSPS) is 18.4. The topological polar surface area (TPSA) is 53.4 Å². The lowest BCUT2D eigenvalue weighted by molar-refractivity contribution is 0.113. The molecule has 1 fully saturated rings. The van der Waals surface area contributed by atoms with Gasteiger partial charge >= 0.3 is 6.03 Å². The Kier molecular flexibility index (Phi) is 5.20. The molecule has 2 amide bonds. The summed E-state index contributed by atoms with van der Waals surface area (Å²) in [5.41, 5.74) is 2.39. The highest BCUT2D eigenvalue weighted by atomic mass is 32.1. The molecule has 2 aromatic rings. The Morgan fingerprint density at radius 1 is 1.25 bits per heavy atom. The van der Waals surface area contributed by atoms with Crippen molar-refractivity contribution in [2.45, 2.75) is 25.9 Å². The van der Waals surface area contributed by atoms with Crippen LogP contribution in [-0.4, -0.2) is 51.8 Å². The number of nitrogens with zero attached hydrogens (tertiary/aromatic N) is 4. The minimum absolute atomic E-state index is 0.00851. The first-order valence-corrected chi connectivity index (χ1v) is 9.29. The molecule has 1 aliphatic rings. The number of carbonyl (C=O) groups excluding carboxylic acids is 1. The maximum Gasteiger partial charge on any atom is 0.317 e. The first kappa shape index (κ1) is 17.0. The van der Waals surface area contributed by atoms with Gasteiger partial charge in [-0.2, -0.15) is 16.4 Å². The van der Waals surface area contributed by atoms with Crippen LogP contribution < -0.4 is 5.32 Å². The lowest BCUT2D eigenvalue weighted by atomic mass is 10.1. The molecule has 6 nitrogen and oxygen atoms in total. The van der Waals surface area contributed by atoms with E-state index >= 15 is 0 Å². The van der Waals surface area contributed by atoms with Gasteiger partial charge < -0.3 is 10.2 Å². The highest BCUT2D eigenvalue weighted by Gasteiger charge is 2.25. The molecule has 1 saturated heterocycles. The van der Waals surface area contributed by atoms with Gasteiger partial charge in [0.25, 0.3) is 0 Å². The number of carbonyl (C=O) groups is 1. The van der Waals surface area contributed by atoms with E-state index in [0.717, 1.165) is 31.7 Å². The second-order valence-corrected chi connectivity index (χ2v) is 7.15. The maximum absolute atomic E-state index is 12.5. The Morgan fingerprint density at radius 3 is 2.58 bits per heavy atom. The predicted octanol–water partition coefficient (Wildman–Crippen LogP) is 2.63. The quantitative estimate of drug-likeness (QED) is 0.925. The van der Waals surface area contributed by atoms with E-state index in [1.54, 1.807) is 22.2 Å². The number of urea groups is 1. The summed E-state index contributed by atoms with van der Waals surface area (Å²) in [6.07, 6.45) is 3.73. The van der Waals surface area contributed by atoms with Gasteiger partial charge in [0, 0.05) is 51.0 Å². The van der Waals surface area contributed by atoms with Crippen molar-refractivity contribution in [3.05, 3.63) is 40.3 Å². The number of aryl methyl sites for hydroxylation is 1. The third kappa shape index (κ3) is 3.79. The first-order chi connectivity index (χ1) is 11.5. The number of rotatable bonds is 4. The maximum atomic E-state index is 12.5. The summed E-state index contributed by atoms with van der Waals surface area (Å²) in [6, 6.07) is 2.57. The van der Waals surface area contributed by atoms with Crippen molar-refractivity contribution in [3.8, 4) is 0 Å². The van der Waals surface area contributed by atoms with Crippen molar-refractivity contribution in [1.82, 2.24) is 24.9 Å². The van der Waals surface area contributed by atoms with Gasteiger partial charge in [0.05, 0.1) is 12.2 Å². The summed E-state index contributed by atoms with van der Waals surface area (Å²) < 4.78 is 1.75. The van der Waals surface area contributed by atoms with E-state index in [-0.39, 0.29) is 12.1 Å². The van der Waals surface area contributed by atoms with Gasteiger partial charge in [0.2, 0.25) is 0 Å². The summed E-state index contributed by atoms with van der Waals surface area (Å²) in [5.74, 6) is 0. The smallest absolute Gasteiger partial charge is 0.317 e. The lowest BCUT2D eigenvalue weighted by Crippen LogP contribution is -2.52. The van der Waals surface area contributed by atoms with Crippen LogP contribution in [0.3, 0.4) is 0 Å². The molecule has 0 spiro atoms. The predicted molar refractivity (Wildman–Crippen MR) is 96.0 cm³/mol. The van der Waals surface area contributed by atoms with E-state index in [4.69, 9.17) is 0 Å². The number of hydrogen-bond acceptors (Lipinski definition) is 4. The summed E-state index contributed by atoms with van der Waals surface area (Å²) in [4.78, 5) is 16.8. The number of nitrogens with one attached hydrogen (secondary N) is 1. The van der Waals surface area contributed by atoms with Crippen LogP contribution >= 0.6 is 11.3 Å². The van der Waals surface area contributed by atoms with Crippen molar-refractivity contribution >= 4 is 17.4 Å². The Bertz CT molecular complexity index is 660. The van der Waals surface area contributed by atoms with E-state index in [1.165, 1.54) is 5.56 Å². The molecule has 3 heterocycles. The van der Waals surface area contributed by atoms with Gasteiger partial charge in [-0.05, 0) is 36.2 Å². The minimum Gasteiger partial charge on any atom is -0.331 e. The third-order valence-corrected chi connectivity index (χ3v) is 5.44. The fraction of sp³-hybridized carbons (Fsp3) is 0.529. The van der Waals surface area contributed by atoms with E-state index in [9.17, 15) is 4.79 Å². The molecule has 3 rings (SSSR count). The van der Waals surface area contributed by atoms with Crippen molar-refractivity contribution in [2.24, 2.45) is 7.05 Å². The molecule has 0 aliphatic carbocycles. The van der Waals surface area contributed by atoms with Crippen LogP contribution in [0.4, 0.5) is 4.79 Å².